The molecular formula is C10H9ClN2O3. The van der Waals surface area contributed by atoms with Crippen molar-refractivity contribution in [2.75, 3.05) is 11.9 Å². The van der Waals surface area contributed by atoms with Crippen molar-refractivity contribution in [2.24, 2.45) is 7.05 Å². The van der Waals surface area contributed by atoms with Gasteiger partial charge < -0.3 is 9.32 Å². The number of aromatic nitrogens is 1. The van der Waals surface area contributed by atoms with Crippen LogP contribution in [0.25, 0.3) is 11.1 Å². The molecule has 16 heavy (non-hydrogen) atoms. The van der Waals surface area contributed by atoms with Gasteiger partial charge >= 0.3 is 11.1 Å². The minimum Gasteiger partial charge on any atom is -0.408 e. The van der Waals surface area contributed by atoms with E-state index in [1.165, 1.54) is 9.47 Å². The first-order valence-corrected chi connectivity index (χ1v) is 4.91. The Morgan fingerprint density at radius 3 is 2.81 bits per heavy atom. The molecule has 0 aliphatic carbocycles. The molecule has 1 amide bonds. The van der Waals surface area contributed by atoms with Crippen LogP contribution in [0, 0.1) is 0 Å². The number of fused-ring (bicyclic) bond motifs is 1. The van der Waals surface area contributed by atoms with Gasteiger partial charge in [-0.05, 0) is 29.8 Å². The molecular weight excluding hydrogens is 232 g/mol. The summed E-state index contributed by atoms with van der Waals surface area (Å²) in [6.07, 6.45) is 0. The maximum atomic E-state index is 11.2. The molecule has 0 saturated heterocycles. The average Bonchev–Trinajstić information content (AvgIpc) is 2.53. The summed E-state index contributed by atoms with van der Waals surface area (Å²) in [7, 11) is 3.15. The minimum atomic E-state index is -0.590. The zero-order valence-corrected chi connectivity index (χ0v) is 9.49. The second-order valence-corrected chi connectivity index (χ2v) is 3.71. The second-order valence-electron chi connectivity index (χ2n) is 3.39. The van der Waals surface area contributed by atoms with E-state index in [2.05, 4.69) is 0 Å². The number of anilines is 1. The number of nitrogens with zero attached hydrogens (tertiary/aromatic N) is 2. The lowest BCUT2D eigenvalue weighted by molar-refractivity contribution is 0.265. The maximum Gasteiger partial charge on any atom is 0.419 e. The lowest BCUT2D eigenvalue weighted by Gasteiger charge is -2.12. The van der Waals surface area contributed by atoms with Gasteiger partial charge in [-0.25, -0.2) is 4.79 Å². The third-order valence-corrected chi connectivity index (χ3v) is 2.68. The minimum absolute atomic E-state index is 0.438. The molecule has 0 saturated carbocycles. The van der Waals surface area contributed by atoms with Crippen molar-refractivity contribution in [1.29, 1.82) is 0 Å². The Kier molecular flexibility index (Phi) is 2.47. The molecule has 84 valence electrons. The molecule has 0 aliphatic heterocycles. The molecule has 0 spiro atoms. The number of amides is 1. The lowest BCUT2D eigenvalue weighted by atomic mass is 10.2. The number of carbonyl (C=O) groups excluding carboxylic acids is 1. The van der Waals surface area contributed by atoms with E-state index >= 15 is 0 Å². The molecule has 2 rings (SSSR count). The number of hydrogen-bond donors (Lipinski definition) is 0. The molecule has 0 radical (unpaired) electrons. The number of rotatable bonds is 1. The number of hydrogen-bond acceptors (Lipinski definition) is 3. The summed E-state index contributed by atoms with van der Waals surface area (Å²) in [5.74, 6) is -0.438. The fourth-order valence-corrected chi connectivity index (χ4v) is 1.52. The van der Waals surface area contributed by atoms with Gasteiger partial charge in [-0.2, -0.15) is 0 Å². The Bertz CT molecular complexity index is 614. The van der Waals surface area contributed by atoms with Crippen LogP contribution in [0.5, 0.6) is 0 Å². The van der Waals surface area contributed by atoms with E-state index in [1.807, 2.05) is 0 Å². The van der Waals surface area contributed by atoms with Crippen LogP contribution < -0.4 is 10.7 Å². The predicted molar refractivity (Wildman–Crippen MR) is 61.1 cm³/mol. The smallest absolute Gasteiger partial charge is 0.408 e. The molecule has 2 aromatic rings. The predicted octanol–water partition coefficient (Wildman–Crippen LogP) is 1.93. The highest BCUT2D eigenvalue weighted by molar-refractivity contribution is 6.66. The SMILES string of the molecule is CN(C(=O)Cl)c1ccc2oc(=O)n(C)c2c1. The molecule has 1 aromatic carbocycles. The molecule has 0 bridgehead atoms. The van der Waals surface area contributed by atoms with Crippen molar-refractivity contribution in [1.82, 2.24) is 4.57 Å². The number of halogens is 1. The normalized spacial score (nSPS) is 10.7. The van der Waals surface area contributed by atoms with E-state index in [-0.39, 0.29) is 0 Å². The topological polar surface area (TPSA) is 55.5 Å². The van der Waals surface area contributed by atoms with Crippen LogP contribution >= 0.6 is 11.6 Å². The van der Waals surface area contributed by atoms with E-state index in [0.29, 0.717) is 16.8 Å². The fourth-order valence-electron chi connectivity index (χ4n) is 1.43. The number of oxazole rings is 1. The molecule has 0 unspecified atom stereocenters. The molecule has 0 atom stereocenters. The zero-order chi connectivity index (χ0) is 11.9. The Morgan fingerprint density at radius 2 is 2.19 bits per heavy atom. The van der Waals surface area contributed by atoms with Crippen molar-refractivity contribution in [2.45, 2.75) is 0 Å². The van der Waals surface area contributed by atoms with E-state index in [1.54, 1.807) is 32.3 Å². The Balaban J connectivity index is 2.63. The monoisotopic (exact) mass is 240 g/mol. The lowest BCUT2D eigenvalue weighted by Crippen LogP contribution is -2.19. The first kappa shape index (κ1) is 10.8. The molecule has 6 heteroatoms. The second kappa shape index (κ2) is 3.68. The molecule has 1 aromatic heterocycles. The van der Waals surface area contributed by atoms with E-state index in [9.17, 15) is 9.59 Å². The summed E-state index contributed by atoms with van der Waals surface area (Å²) < 4.78 is 6.33. The van der Waals surface area contributed by atoms with Crippen LogP contribution in [0.2, 0.25) is 0 Å². The van der Waals surface area contributed by atoms with Crippen molar-refractivity contribution < 1.29 is 9.21 Å². The summed E-state index contributed by atoms with van der Waals surface area (Å²) in [5.41, 5.74) is 1.70. The summed E-state index contributed by atoms with van der Waals surface area (Å²) in [4.78, 5) is 23.5. The van der Waals surface area contributed by atoms with Crippen molar-refractivity contribution in [3.05, 3.63) is 28.7 Å². The number of benzene rings is 1. The highest BCUT2D eigenvalue weighted by atomic mass is 35.5. The molecule has 5 nitrogen and oxygen atoms in total. The maximum absolute atomic E-state index is 11.2. The Morgan fingerprint density at radius 1 is 1.50 bits per heavy atom. The quantitative estimate of drug-likeness (QED) is 0.565. The molecule has 0 fully saturated rings. The van der Waals surface area contributed by atoms with Crippen molar-refractivity contribution >= 4 is 33.8 Å². The highest BCUT2D eigenvalue weighted by Gasteiger charge is 2.11. The van der Waals surface area contributed by atoms with Crippen LogP contribution in [0.15, 0.2) is 27.4 Å². The van der Waals surface area contributed by atoms with Gasteiger partial charge in [-0.15, -0.1) is 0 Å². The number of carbonyl (C=O) groups is 1. The Labute approximate surface area is 95.8 Å². The summed E-state index contributed by atoms with van der Waals surface area (Å²) >= 11 is 5.35. The van der Waals surface area contributed by atoms with E-state index < -0.39 is 11.1 Å². The van der Waals surface area contributed by atoms with Crippen LogP contribution in [0.1, 0.15) is 0 Å². The van der Waals surface area contributed by atoms with E-state index in [4.69, 9.17) is 16.0 Å². The summed E-state index contributed by atoms with van der Waals surface area (Å²) in [6, 6.07) is 4.95. The zero-order valence-electron chi connectivity index (χ0n) is 8.73. The third kappa shape index (κ3) is 1.59. The molecule has 1 heterocycles. The van der Waals surface area contributed by atoms with Gasteiger partial charge in [0, 0.05) is 19.8 Å². The molecule has 0 aliphatic rings. The fraction of sp³-hybridized carbons (Fsp3) is 0.200. The van der Waals surface area contributed by atoms with Crippen molar-refractivity contribution in [3.63, 3.8) is 0 Å². The van der Waals surface area contributed by atoms with Crippen molar-refractivity contribution in [3.8, 4) is 0 Å². The van der Waals surface area contributed by atoms with Gasteiger partial charge in [0.05, 0.1) is 5.52 Å². The highest BCUT2D eigenvalue weighted by Crippen LogP contribution is 2.21. The van der Waals surface area contributed by atoms with Gasteiger partial charge in [0.1, 0.15) is 0 Å². The third-order valence-electron chi connectivity index (χ3n) is 2.43. The van der Waals surface area contributed by atoms with Gasteiger partial charge in [-0.1, -0.05) is 0 Å². The summed E-state index contributed by atoms with van der Waals surface area (Å²) in [5, 5.41) is -0.590. The van der Waals surface area contributed by atoms with Crippen LogP contribution in [-0.4, -0.2) is 17.0 Å². The summed E-state index contributed by atoms with van der Waals surface area (Å²) in [6.45, 7) is 0. The Hall–Kier alpha value is -1.75. The van der Waals surface area contributed by atoms with E-state index in [0.717, 1.165) is 0 Å². The molecule has 0 N–H and O–H groups in total. The van der Waals surface area contributed by atoms with Crippen LogP contribution in [0.4, 0.5) is 10.5 Å². The standard InChI is InChI=1S/C10H9ClN2O3/c1-12(9(11)14)6-3-4-8-7(5-6)13(2)10(15)16-8/h3-5H,1-2H3. The number of aryl methyl sites for hydroxylation is 1. The van der Waals surface area contributed by atoms with Crippen LogP contribution in [0.3, 0.4) is 0 Å². The van der Waals surface area contributed by atoms with Gasteiger partial charge in [0.15, 0.2) is 5.58 Å². The largest absolute Gasteiger partial charge is 0.419 e. The first-order valence-electron chi connectivity index (χ1n) is 4.53. The first-order chi connectivity index (χ1) is 7.50. The average molecular weight is 241 g/mol. The van der Waals surface area contributed by atoms with Crippen LogP contribution in [-0.2, 0) is 7.05 Å². The van der Waals surface area contributed by atoms with Gasteiger partial charge in [-0.3, -0.25) is 9.36 Å². The van der Waals surface area contributed by atoms with Gasteiger partial charge in [0.2, 0.25) is 0 Å². The van der Waals surface area contributed by atoms with Gasteiger partial charge in [0.25, 0.3) is 0 Å².